The van der Waals surface area contributed by atoms with Gasteiger partial charge in [0.25, 0.3) is 5.91 Å². The number of carbonyl (C=O) groups is 2. The van der Waals surface area contributed by atoms with Gasteiger partial charge in [0.2, 0.25) is 0 Å². The number of hydrogen-bond donors (Lipinski definition) is 1. The van der Waals surface area contributed by atoms with Gasteiger partial charge in [-0.05, 0) is 17.5 Å². The Bertz CT molecular complexity index is 934. The monoisotopic (exact) mass is 408 g/mol. The molecule has 0 aromatic heterocycles. The fourth-order valence-electron chi connectivity index (χ4n) is 4.15. The Labute approximate surface area is 177 Å². The highest BCUT2D eigenvalue weighted by atomic mass is 16.5. The van der Waals surface area contributed by atoms with Crippen molar-refractivity contribution < 1.29 is 19.4 Å². The number of para-hydroxylation sites is 1. The van der Waals surface area contributed by atoms with Crippen molar-refractivity contribution in [2.24, 2.45) is 0 Å². The second-order valence-corrected chi connectivity index (χ2v) is 8.36. The van der Waals surface area contributed by atoms with Gasteiger partial charge < -0.3 is 9.84 Å². The van der Waals surface area contributed by atoms with Crippen LogP contribution < -0.4 is 4.90 Å². The largest absolute Gasteiger partial charge is 0.379 e. The summed E-state index contributed by atoms with van der Waals surface area (Å²) in [4.78, 5) is 30.0. The number of ether oxygens (including phenoxy) is 1. The van der Waals surface area contributed by atoms with Crippen LogP contribution in [0.1, 0.15) is 47.7 Å². The number of fused-ring (bicyclic) bond motifs is 1. The van der Waals surface area contributed by atoms with E-state index in [0.29, 0.717) is 42.6 Å². The van der Waals surface area contributed by atoms with E-state index >= 15 is 0 Å². The number of morpholine rings is 1. The number of rotatable bonds is 6. The first-order valence-corrected chi connectivity index (χ1v) is 10.5. The third-order valence-corrected chi connectivity index (χ3v) is 6.00. The lowest BCUT2D eigenvalue weighted by atomic mass is 9.87. The molecule has 2 aliphatic heterocycles. The summed E-state index contributed by atoms with van der Waals surface area (Å²) in [6, 6.07) is 14.6. The first kappa shape index (κ1) is 20.7. The minimum absolute atomic E-state index is 0.246. The van der Waals surface area contributed by atoms with Gasteiger partial charge in [0.1, 0.15) is 0 Å². The normalized spacial score (nSPS) is 21.9. The molecule has 0 unspecified atom stereocenters. The summed E-state index contributed by atoms with van der Waals surface area (Å²) in [5, 5.41) is 11.4. The molecule has 2 aromatic rings. The lowest BCUT2D eigenvalue weighted by Crippen LogP contribution is -2.49. The van der Waals surface area contributed by atoms with Gasteiger partial charge >= 0.3 is 0 Å². The Hall–Kier alpha value is -2.54. The molecule has 158 valence electrons. The van der Waals surface area contributed by atoms with Crippen LogP contribution in [-0.2, 0) is 15.1 Å². The molecule has 1 N–H and O–H groups in total. The number of ketones is 1. The van der Waals surface area contributed by atoms with Crippen molar-refractivity contribution >= 4 is 17.4 Å². The van der Waals surface area contributed by atoms with Gasteiger partial charge in [0.05, 0.1) is 32.0 Å². The molecule has 6 nitrogen and oxygen atoms in total. The number of benzene rings is 2. The maximum Gasteiger partial charge on any atom is 0.265 e. The number of amides is 1. The molecule has 0 bridgehead atoms. The highest BCUT2D eigenvalue weighted by Gasteiger charge is 2.51. The topological polar surface area (TPSA) is 70.1 Å². The van der Waals surface area contributed by atoms with Crippen LogP contribution in [0, 0.1) is 0 Å². The molecule has 4 rings (SSSR count). The maximum absolute atomic E-state index is 13.3. The van der Waals surface area contributed by atoms with Gasteiger partial charge in [-0.1, -0.05) is 56.3 Å². The SMILES string of the molecule is CC(C)c1ccc(C(=O)C[C@]2(O)C(=O)N(CN3CCOCC3)c3ccccc32)cc1. The van der Waals surface area contributed by atoms with E-state index in [9.17, 15) is 14.7 Å². The molecule has 1 atom stereocenters. The lowest BCUT2D eigenvalue weighted by Gasteiger charge is -2.31. The van der Waals surface area contributed by atoms with E-state index in [1.807, 2.05) is 24.3 Å². The van der Waals surface area contributed by atoms with E-state index in [0.717, 1.165) is 18.7 Å². The molecule has 1 amide bonds. The highest BCUT2D eigenvalue weighted by Crippen LogP contribution is 2.43. The van der Waals surface area contributed by atoms with Crippen molar-refractivity contribution in [3.05, 3.63) is 65.2 Å². The van der Waals surface area contributed by atoms with Gasteiger partial charge in [0, 0.05) is 24.2 Å². The second kappa shape index (κ2) is 8.30. The van der Waals surface area contributed by atoms with Crippen molar-refractivity contribution in [1.82, 2.24) is 4.90 Å². The van der Waals surface area contributed by atoms with E-state index < -0.39 is 11.5 Å². The third-order valence-electron chi connectivity index (χ3n) is 6.00. The Balaban J connectivity index is 1.58. The molecule has 2 heterocycles. The van der Waals surface area contributed by atoms with E-state index in [1.54, 1.807) is 29.2 Å². The summed E-state index contributed by atoms with van der Waals surface area (Å²) in [7, 11) is 0. The number of aliphatic hydroxyl groups is 1. The van der Waals surface area contributed by atoms with Crippen LogP contribution in [-0.4, -0.2) is 54.7 Å². The zero-order valence-electron chi connectivity index (χ0n) is 17.5. The first-order chi connectivity index (χ1) is 14.4. The standard InChI is InChI=1S/C24H28N2O4/c1-17(2)18-7-9-19(10-8-18)22(27)15-24(29)20-5-3-4-6-21(20)26(23(24)28)16-25-11-13-30-14-12-25/h3-10,17,29H,11-16H2,1-2H3/t24-/m1/s1. The molecular weight excluding hydrogens is 380 g/mol. The summed E-state index contributed by atoms with van der Waals surface area (Å²) in [5.74, 6) is -0.318. The molecule has 1 saturated heterocycles. The van der Waals surface area contributed by atoms with E-state index in [1.165, 1.54) is 0 Å². The Morgan fingerprint density at radius 2 is 1.77 bits per heavy atom. The van der Waals surface area contributed by atoms with Crippen molar-refractivity contribution in [2.75, 3.05) is 37.9 Å². The molecule has 1 fully saturated rings. The number of Topliss-reactive ketones (excluding diaryl/α,β-unsaturated/α-hetero) is 1. The molecule has 30 heavy (non-hydrogen) atoms. The fraction of sp³-hybridized carbons (Fsp3) is 0.417. The Morgan fingerprint density at radius 3 is 2.43 bits per heavy atom. The zero-order chi connectivity index (χ0) is 21.3. The van der Waals surface area contributed by atoms with Crippen molar-refractivity contribution in [3.63, 3.8) is 0 Å². The molecule has 0 radical (unpaired) electrons. The van der Waals surface area contributed by atoms with Crippen LogP contribution in [0.25, 0.3) is 0 Å². The third kappa shape index (κ3) is 3.78. The summed E-state index contributed by atoms with van der Waals surface area (Å²) < 4.78 is 5.39. The number of carbonyl (C=O) groups excluding carboxylic acids is 2. The van der Waals surface area contributed by atoms with Crippen LogP contribution in [0.2, 0.25) is 0 Å². The van der Waals surface area contributed by atoms with Crippen LogP contribution in [0.5, 0.6) is 0 Å². The molecule has 6 heteroatoms. The first-order valence-electron chi connectivity index (χ1n) is 10.5. The second-order valence-electron chi connectivity index (χ2n) is 8.36. The minimum Gasteiger partial charge on any atom is -0.379 e. The minimum atomic E-state index is -1.85. The highest BCUT2D eigenvalue weighted by molar-refractivity contribution is 6.10. The van der Waals surface area contributed by atoms with Crippen molar-refractivity contribution in [1.29, 1.82) is 0 Å². The molecule has 0 aliphatic carbocycles. The van der Waals surface area contributed by atoms with Crippen LogP contribution >= 0.6 is 0 Å². The maximum atomic E-state index is 13.3. The zero-order valence-corrected chi connectivity index (χ0v) is 17.5. The predicted octanol–water partition coefficient (Wildman–Crippen LogP) is 2.91. The lowest BCUT2D eigenvalue weighted by molar-refractivity contribution is -0.136. The molecule has 0 saturated carbocycles. The quantitative estimate of drug-likeness (QED) is 0.745. The van der Waals surface area contributed by atoms with Gasteiger partial charge in [0.15, 0.2) is 11.4 Å². The molecular formula is C24H28N2O4. The molecule has 0 spiro atoms. The molecule has 2 aromatic carbocycles. The van der Waals surface area contributed by atoms with Crippen LogP contribution in [0.3, 0.4) is 0 Å². The average Bonchev–Trinajstić information content (AvgIpc) is 2.96. The van der Waals surface area contributed by atoms with E-state index in [4.69, 9.17) is 4.74 Å². The Morgan fingerprint density at radius 1 is 1.10 bits per heavy atom. The van der Waals surface area contributed by atoms with Crippen LogP contribution in [0.15, 0.2) is 48.5 Å². The predicted molar refractivity (Wildman–Crippen MR) is 115 cm³/mol. The van der Waals surface area contributed by atoms with Crippen LogP contribution in [0.4, 0.5) is 5.69 Å². The van der Waals surface area contributed by atoms with Gasteiger partial charge in [-0.25, -0.2) is 0 Å². The fourth-order valence-corrected chi connectivity index (χ4v) is 4.15. The Kier molecular flexibility index (Phi) is 5.73. The summed E-state index contributed by atoms with van der Waals surface area (Å²) >= 11 is 0. The molecule has 2 aliphatic rings. The number of hydrogen-bond acceptors (Lipinski definition) is 5. The summed E-state index contributed by atoms with van der Waals surface area (Å²) in [6.07, 6.45) is -0.274. The van der Waals surface area contributed by atoms with Crippen molar-refractivity contribution in [2.45, 2.75) is 31.8 Å². The summed E-state index contributed by atoms with van der Waals surface area (Å²) in [5.41, 5.74) is 0.959. The van der Waals surface area contributed by atoms with E-state index in [-0.39, 0.29) is 12.2 Å². The smallest absolute Gasteiger partial charge is 0.265 e. The van der Waals surface area contributed by atoms with E-state index in [2.05, 4.69) is 18.7 Å². The average molecular weight is 408 g/mol. The number of anilines is 1. The van der Waals surface area contributed by atoms with Gasteiger partial charge in [-0.15, -0.1) is 0 Å². The van der Waals surface area contributed by atoms with Gasteiger partial charge in [-0.3, -0.25) is 19.4 Å². The van der Waals surface area contributed by atoms with Gasteiger partial charge in [-0.2, -0.15) is 0 Å². The summed E-state index contributed by atoms with van der Waals surface area (Å²) in [6.45, 7) is 7.26. The van der Waals surface area contributed by atoms with Crippen molar-refractivity contribution in [3.8, 4) is 0 Å². The number of nitrogens with zero attached hydrogens (tertiary/aromatic N) is 2.